The van der Waals surface area contributed by atoms with Crippen molar-refractivity contribution in [3.8, 4) is 22.8 Å². The zero-order chi connectivity index (χ0) is 26.8. The van der Waals surface area contributed by atoms with Crippen molar-refractivity contribution in [3.05, 3.63) is 76.0 Å². The van der Waals surface area contributed by atoms with Gasteiger partial charge in [0.05, 0.1) is 21.7 Å². The van der Waals surface area contributed by atoms with Crippen LogP contribution in [0.4, 0.5) is 5.95 Å². The summed E-state index contributed by atoms with van der Waals surface area (Å²) in [4.78, 5) is 28.6. The van der Waals surface area contributed by atoms with Gasteiger partial charge in [-0.3, -0.25) is 14.5 Å². The first kappa shape index (κ1) is 25.3. The third kappa shape index (κ3) is 5.59. The summed E-state index contributed by atoms with van der Waals surface area (Å²) in [5, 5.41) is 7.96. The van der Waals surface area contributed by atoms with E-state index < -0.39 is 5.76 Å². The average Bonchev–Trinajstić information content (AvgIpc) is 3.53. The molecule has 1 fully saturated rings. The summed E-state index contributed by atoms with van der Waals surface area (Å²) in [5.74, 6) is 1.71. The lowest BCUT2D eigenvalue weighted by atomic mass is 9.83. The number of halogens is 1. The van der Waals surface area contributed by atoms with Crippen LogP contribution >= 0.6 is 11.6 Å². The van der Waals surface area contributed by atoms with Gasteiger partial charge < -0.3 is 9.88 Å². The third-order valence-corrected chi connectivity index (χ3v) is 7.71. The van der Waals surface area contributed by atoms with E-state index in [1.54, 1.807) is 12.4 Å². The van der Waals surface area contributed by atoms with Crippen molar-refractivity contribution in [2.75, 3.05) is 11.9 Å². The smallest absolute Gasteiger partial charge is 0.355 e. The molecule has 5 aromatic rings. The molecule has 0 saturated heterocycles. The fourth-order valence-corrected chi connectivity index (χ4v) is 5.58. The second-order valence-corrected chi connectivity index (χ2v) is 10.8. The molecule has 0 spiro atoms. The highest BCUT2D eigenvalue weighted by molar-refractivity contribution is 6.30. The van der Waals surface area contributed by atoms with Crippen molar-refractivity contribution in [2.24, 2.45) is 11.8 Å². The molecule has 0 unspecified atom stereocenters. The summed E-state index contributed by atoms with van der Waals surface area (Å²) in [6.07, 6.45) is 9.05. The van der Waals surface area contributed by atoms with Crippen LogP contribution < -0.4 is 11.1 Å². The normalized spacial score (nSPS) is 17.5. The summed E-state index contributed by atoms with van der Waals surface area (Å²) >= 11 is 6.35. The first-order chi connectivity index (χ1) is 19.0. The topological polar surface area (TPSA) is 115 Å². The van der Waals surface area contributed by atoms with Crippen LogP contribution in [0, 0.1) is 11.8 Å². The molecule has 0 radical (unpaired) electrons. The number of hydrogen-bond acceptors (Lipinski definition) is 7. The Kier molecular flexibility index (Phi) is 7.15. The monoisotopic (exact) mass is 543 g/mol. The van der Waals surface area contributed by atoms with Gasteiger partial charge >= 0.3 is 5.76 Å². The van der Waals surface area contributed by atoms with E-state index in [1.807, 2.05) is 18.2 Å². The number of nitrogens with one attached hydrogen (secondary N) is 2. The summed E-state index contributed by atoms with van der Waals surface area (Å²) in [6, 6.07) is 14.1. The average molecular weight is 544 g/mol. The van der Waals surface area contributed by atoms with Crippen LogP contribution in [0.1, 0.15) is 38.2 Å². The Morgan fingerprint density at radius 1 is 1.10 bits per heavy atom. The quantitative estimate of drug-likeness (QED) is 0.248. The lowest BCUT2D eigenvalue weighted by molar-refractivity contribution is 0.267. The molecule has 4 heterocycles. The molecule has 10 heteroatoms. The number of benzene rings is 1. The Morgan fingerprint density at radius 2 is 1.92 bits per heavy atom. The molecule has 9 nitrogen and oxygen atoms in total. The number of aromatic nitrogens is 6. The molecule has 1 aliphatic carbocycles. The number of rotatable bonds is 8. The molecular formula is C29H30ClN7O2. The van der Waals surface area contributed by atoms with E-state index in [-0.39, 0.29) is 5.82 Å². The number of imidazole rings is 1. The minimum atomic E-state index is -0.641. The zero-order valence-electron chi connectivity index (χ0n) is 21.7. The summed E-state index contributed by atoms with van der Waals surface area (Å²) in [7, 11) is 0. The second kappa shape index (κ2) is 11.0. The Morgan fingerprint density at radius 3 is 2.67 bits per heavy atom. The predicted molar refractivity (Wildman–Crippen MR) is 152 cm³/mol. The van der Waals surface area contributed by atoms with E-state index in [2.05, 4.69) is 56.2 Å². The molecule has 200 valence electrons. The van der Waals surface area contributed by atoms with Gasteiger partial charge in [0, 0.05) is 31.0 Å². The van der Waals surface area contributed by atoms with Gasteiger partial charge in [0.15, 0.2) is 0 Å². The first-order valence-corrected chi connectivity index (χ1v) is 13.8. The largest absolute Gasteiger partial charge is 0.439 e. The molecule has 6 rings (SSSR count). The van der Waals surface area contributed by atoms with E-state index in [0.717, 1.165) is 48.0 Å². The van der Waals surface area contributed by atoms with E-state index in [9.17, 15) is 4.79 Å². The number of fused-ring (bicyclic) bond motifs is 1. The Balaban J connectivity index is 1.46. The van der Waals surface area contributed by atoms with Crippen LogP contribution in [-0.2, 0) is 13.0 Å². The van der Waals surface area contributed by atoms with Gasteiger partial charge in [-0.2, -0.15) is 0 Å². The lowest BCUT2D eigenvalue weighted by Gasteiger charge is -2.27. The van der Waals surface area contributed by atoms with E-state index in [1.165, 1.54) is 31.2 Å². The van der Waals surface area contributed by atoms with Crippen LogP contribution in [0.15, 0.2) is 64.2 Å². The molecule has 0 amide bonds. The molecule has 2 N–H and O–H groups in total. The van der Waals surface area contributed by atoms with Crippen LogP contribution in [0.2, 0.25) is 5.02 Å². The zero-order valence-corrected chi connectivity index (χ0v) is 22.5. The van der Waals surface area contributed by atoms with Crippen LogP contribution in [0.5, 0.6) is 0 Å². The maximum atomic E-state index is 11.7. The van der Waals surface area contributed by atoms with Gasteiger partial charge in [-0.25, -0.2) is 14.8 Å². The van der Waals surface area contributed by atoms with Gasteiger partial charge in [-0.05, 0) is 48.8 Å². The molecular weight excluding hydrogens is 514 g/mol. The van der Waals surface area contributed by atoms with Crippen LogP contribution in [-0.4, -0.2) is 36.2 Å². The minimum absolute atomic E-state index is 0.243. The molecule has 0 atom stereocenters. The Hall–Kier alpha value is -3.98. The highest BCUT2D eigenvalue weighted by Gasteiger charge is 2.24. The van der Waals surface area contributed by atoms with E-state index >= 15 is 0 Å². The second-order valence-electron chi connectivity index (χ2n) is 10.4. The molecule has 39 heavy (non-hydrogen) atoms. The SMILES string of the molecule is C[C@H]1CC[C@H](Cn2c(NCCc3ccccc3)nc3cc(-c4noc(=O)[nH]4)nc(-c4cncc(Cl)c4)c32)CC1. The van der Waals surface area contributed by atoms with Crippen molar-refractivity contribution < 1.29 is 4.52 Å². The van der Waals surface area contributed by atoms with Crippen LogP contribution in [0.25, 0.3) is 33.8 Å². The molecule has 1 saturated carbocycles. The van der Waals surface area contributed by atoms with Crippen molar-refractivity contribution in [2.45, 2.75) is 45.6 Å². The number of hydrogen-bond donors (Lipinski definition) is 2. The van der Waals surface area contributed by atoms with Gasteiger partial charge in [-0.1, -0.05) is 66.9 Å². The van der Waals surface area contributed by atoms with Gasteiger partial charge in [0.2, 0.25) is 11.8 Å². The minimum Gasteiger partial charge on any atom is -0.355 e. The lowest BCUT2D eigenvalue weighted by Crippen LogP contribution is -2.20. The van der Waals surface area contributed by atoms with Crippen LogP contribution in [0.3, 0.4) is 0 Å². The maximum Gasteiger partial charge on any atom is 0.439 e. The maximum absolute atomic E-state index is 11.7. The van der Waals surface area contributed by atoms with Gasteiger partial charge in [0.25, 0.3) is 0 Å². The standard InChI is InChI=1S/C29H30ClN7O2/c1-18-7-9-20(10-8-18)17-37-26-23(34-28(37)32-12-11-19-5-3-2-4-6-19)14-24(27-35-29(38)39-36-27)33-25(26)21-13-22(30)16-31-15-21/h2-6,13-16,18,20H,7-12,17H2,1H3,(H,32,34)(H,35,36,38)/t18-,20-. The van der Waals surface area contributed by atoms with E-state index in [0.29, 0.717) is 22.3 Å². The van der Waals surface area contributed by atoms with Gasteiger partial charge in [-0.15, -0.1) is 0 Å². The fraction of sp³-hybridized carbons (Fsp3) is 0.345. The Bertz CT molecular complexity index is 1630. The summed E-state index contributed by atoms with van der Waals surface area (Å²) in [6.45, 7) is 3.91. The number of aromatic amines is 1. The highest BCUT2D eigenvalue weighted by Crippen LogP contribution is 2.36. The predicted octanol–water partition coefficient (Wildman–Crippen LogP) is 5.97. The van der Waals surface area contributed by atoms with Crippen molar-refractivity contribution in [1.82, 2.24) is 29.7 Å². The Labute approximate surface area is 230 Å². The fourth-order valence-electron chi connectivity index (χ4n) is 5.41. The molecule has 1 aromatic carbocycles. The number of nitrogens with zero attached hydrogens (tertiary/aromatic N) is 5. The van der Waals surface area contributed by atoms with Gasteiger partial charge in [0.1, 0.15) is 5.69 Å². The number of H-pyrrole nitrogens is 1. The van der Waals surface area contributed by atoms with Crippen molar-refractivity contribution >= 4 is 28.6 Å². The molecule has 4 aromatic heterocycles. The summed E-state index contributed by atoms with van der Waals surface area (Å²) < 4.78 is 7.02. The molecule has 0 aliphatic heterocycles. The molecule has 1 aliphatic rings. The number of pyridine rings is 2. The first-order valence-electron chi connectivity index (χ1n) is 13.4. The van der Waals surface area contributed by atoms with Crippen molar-refractivity contribution in [3.63, 3.8) is 0 Å². The molecule has 0 bridgehead atoms. The number of anilines is 1. The third-order valence-electron chi connectivity index (χ3n) is 7.50. The van der Waals surface area contributed by atoms with Crippen molar-refractivity contribution in [1.29, 1.82) is 0 Å². The highest BCUT2D eigenvalue weighted by atomic mass is 35.5. The summed E-state index contributed by atoms with van der Waals surface area (Å²) in [5.41, 5.74) is 4.79. The van der Waals surface area contributed by atoms with E-state index in [4.69, 9.17) is 26.1 Å².